The monoisotopic (exact) mass is 279 g/mol. The van der Waals surface area contributed by atoms with Crippen molar-refractivity contribution in [2.45, 2.75) is 13.8 Å². The fourth-order valence-electron chi connectivity index (χ4n) is 2.29. The van der Waals surface area contributed by atoms with Crippen LogP contribution in [-0.2, 0) is 0 Å². The van der Waals surface area contributed by atoms with Gasteiger partial charge in [0, 0.05) is 7.05 Å². The van der Waals surface area contributed by atoms with Crippen LogP contribution in [0.3, 0.4) is 0 Å². The molecule has 1 aromatic heterocycles. The summed E-state index contributed by atoms with van der Waals surface area (Å²) in [5.41, 5.74) is 0.899. The van der Waals surface area contributed by atoms with E-state index in [0.717, 1.165) is 22.5 Å². The molecule has 4 heteroatoms. The van der Waals surface area contributed by atoms with Crippen molar-refractivity contribution in [3.05, 3.63) is 53.9 Å². The first-order valence-corrected chi connectivity index (χ1v) is 6.87. The highest BCUT2D eigenvalue weighted by Gasteiger charge is 2.10. The summed E-state index contributed by atoms with van der Waals surface area (Å²) in [6.07, 6.45) is 0. The number of fused-ring (bicyclic) bond motifs is 1. The second-order valence-corrected chi connectivity index (χ2v) is 4.91. The highest BCUT2D eigenvalue weighted by Crippen LogP contribution is 2.28. The third-order valence-corrected chi connectivity index (χ3v) is 3.39. The van der Waals surface area contributed by atoms with E-state index < -0.39 is 0 Å². The minimum atomic E-state index is 0.585. The molecule has 0 aliphatic carbocycles. The van der Waals surface area contributed by atoms with Gasteiger partial charge in [-0.1, -0.05) is 30.3 Å². The molecule has 0 radical (unpaired) electrons. The van der Waals surface area contributed by atoms with Gasteiger partial charge in [-0.2, -0.15) is 4.98 Å². The summed E-state index contributed by atoms with van der Waals surface area (Å²) in [4.78, 5) is 8.72. The van der Waals surface area contributed by atoms with E-state index in [-0.39, 0.29) is 0 Å². The molecular weight excluding hydrogens is 262 g/mol. The maximum absolute atomic E-state index is 5.95. The highest BCUT2D eigenvalue weighted by atomic mass is 16.5. The van der Waals surface area contributed by atoms with Crippen molar-refractivity contribution in [2.75, 3.05) is 12.4 Å². The predicted molar refractivity (Wildman–Crippen MR) is 85.1 cm³/mol. The Morgan fingerprint density at radius 1 is 0.952 bits per heavy atom. The van der Waals surface area contributed by atoms with Crippen LogP contribution in [0.1, 0.15) is 11.4 Å². The predicted octanol–water partition coefficient (Wildman–Crippen LogP) is 4.08. The zero-order chi connectivity index (χ0) is 14.8. The Hall–Kier alpha value is -2.62. The SMILES string of the molecule is CNc1nc(C)nc(Oc2ccc3ccccc3c2)c1C. The van der Waals surface area contributed by atoms with Gasteiger partial charge in [0.2, 0.25) is 5.88 Å². The minimum Gasteiger partial charge on any atom is -0.439 e. The molecule has 106 valence electrons. The van der Waals surface area contributed by atoms with Crippen LogP contribution in [0.2, 0.25) is 0 Å². The molecule has 3 rings (SSSR count). The van der Waals surface area contributed by atoms with Crippen LogP contribution in [0.5, 0.6) is 11.6 Å². The standard InChI is InChI=1S/C17H17N3O/c1-11-16(18-3)19-12(2)20-17(11)21-15-9-8-13-6-4-5-7-14(13)10-15/h4-10H,1-3H3,(H,18,19,20). The summed E-state index contributed by atoms with van der Waals surface area (Å²) < 4.78 is 5.95. The number of nitrogens with one attached hydrogen (secondary N) is 1. The van der Waals surface area contributed by atoms with Crippen LogP contribution in [0.15, 0.2) is 42.5 Å². The van der Waals surface area contributed by atoms with Crippen LogP contribution in [0, 0.1) is 13.8 Å². The summed E-state index contributed by atoms with van der Waals surface area (Å²) in [6.45, 7) is 3.80. The number of anilines is 1. The van der Waals surface area contributed by atoms with E-state index in [0.29, 0.717) is 11.7 Å². The lowest BCUT2D eigenvalue weighted by atomic mass is 10.1. The number of rotatable bonds is 3. The molecule has 0 saturated carbocycles. The molecule has 0 saturated heterocycles. The molecule has 3 aromatic rings. The Morgan fingerprint density at radius 3 is 2.48 bits per heavy atom. The summed E-state index contributed by atoms with van der Waals surface area (Å²) in [5.74, 6) is 2.83. The topological polar surface area (TPSA) is 47.0 Å². The van der Waals surface area contributed by atoms with Gasteiger partial charge in [0.05, 0.1) is 5.56 Å². The van der Waals surface area contributed by atoms with Crippen LogP contribution in [0.25, 0.3) is 10.8 Å². The molecule has 0 amide bonds. The summed E-state index contributed by atoms with van der Waals surface area (Å²) in [6, 6.07) is 14.2. The molecule has 1 heterocycles. The highest BCUT2D eigenvalue weighted by molar-refractivity contribution is 5.83. The van der Waals surface area contributed by atoms with Gasteiger partial charge in [-0.15, -0.1) is 0 Å². The summed E-state index contributed by atoms with van der Waals surface area (Å²) >= 11 is 0. The largest absolute Gasteiger partial charge is 0.439 e. The average molecular weight is 279 g/mol. The fourth-order valence-corrected chi connectivity index (χ4v) is 2.29. The Morgan fingerprint density at radius 2 is 1.71 bits per heavy atom. The lowest BCUT2D eigenvalue weighted by Gasteiger charge is -2.12. The zero-order valence-corrected chi connectivity index (χ0v) is 12.3. The Kier molecular flexibility index (Phi) is 3.44. The van der Waals surface area contributed by atoms with Crippen LogP contribution < -0.4 is 10.1 Å². The minimum absolute atomic E-state index is 0.585. The van der Waals surface area contributed by atoms with Crippen molar-refractivity contribution in [3.8, 4) is 11.6 Å². The number of hydrogen-bond donors (Lipinski definition) is 1. The Bertz CT molecular complexity index is 799. The first-order valence-electron chi connectivity index (χ1n) is 6.87. The van der Waals surface area contributed by atoms with Crippen LogP contribution in [-0.4, -0.2) is 17.0 Å². The molecule has 0 unspecified atom stereocenters. The van der Waals surface area contributed by atoms with E-state index in [1.54, 1.807) is 0 Å². The number of benzene rings is 2. The van der Waals surface area contributed by atoms with Crippen molar-refractivity contribution >= 4 is 16.6 Å². The molecule has 0 aliphatic rings. The molecule has 0 fully saturated rings. The van der Waals surface area contributed by atoms with Gasteiger partial charge >= 0.3 is 0 Å². The third kappa shape index (κ3) is 2.65. The molecule has 0 spiro atoms. The molecule has 0 bridgehead atoms. The van der Waals surface area contributed by atoms with Crippen LogP contribution in [0.4, 0.5) is 5.82 Å². The second-order valence-electron chi connectivity index (χ2n) is 4.91. The molecule has 2 aromatic carbocycles. The number of ether oxygens (including phenoxy) is 1. The molecule has 21 heavy (non-hydrogen) atoms. The van der Waals surface area contributed by atoms with E-state index in [9.17, 15) is 0 Å². The molecule has 0 atom stereocenters. The quantitative estimate of drug-likeness (QED) is 0.784. The van der Waals surface area contributed by atoms with Gasteiger partial charge in [-0.05, 0) is 36.8 Å². The normalized spacial score (nSPS) is 10.6. The van der Waals surface area contributed by atoms with E-state index >= 15 is 0 Å². The number of aryl methyl sites for hydroxylation is 1. The van der Waals surface area contributed by atoms with Gasteiger partial charge in [-0.3, -0.25) is 0 Å². The van der Waals surface area contributed by atoms with E-state index in [1.807, 2.05) is 51.2 Å². The van der Waals surface area contributed by atoms with Crippen molar-refractivity contribution in [2.24, 2.45) is 0 Å². The average Bonchev–Trinajstić information content (AvgIpc) is 2.50. The maximum Gasteiger partial charge on any atom is 0.227 e. The van der Waals surface area contributed by atoms with E-state index in [4.69, 9.17) is 4.74 Å². The van der Waals surface area contributed by atoms with E-state index in [1.165, 1.54) is 5.39 Å². The van der Waals surface area contributed by atoms with E-state index in [2.05, 4.69) is 27.4 Å². The smallest absolute Gasteiger partial charge is 0.227 e. The number of hydrogen-bond acceptors (Lipinski definition) is 4. The molecule has 4 nitrogen and oxygen atoms in total. The Labute approximate surface area is 123 Å². The van der Waals surface area contributed by atoms with Crippen molar-refractivity contribution in [3.63, 3.8) is 0 Å². The van der Waals surface area contributed by atoms with Gasteiger partial charge in [0.15, 0.2) is 0 Å². The molecule has 0 aliphatic heterocycles. The zero-order valence-electron chi connectivity index (χ0n) is 12.3. The third-order valence-electron chi connectivity index (χ3n) is 3.39. The first kappa shape index (κ1) is 13.4. The summed E-state index contributed by atoms with van der Waals surface area (Å²) in [7, 11) is 1.84. The van der Waals surface area contributed by atoms with Crippen molar-refractivity contribution in [1.82, 2.24) is 9.97 Å². The molecule has 1 N–H and O–H groups in total. The number of aromatic nitrogens is 2. The lowest BCUT2D eigenvalue weighted by molar-refractivity contribution is 0.457. The molecular formula is C17H17N3O. The lowest BCUT2D eigenvalue weighted by Crippen LogP contribution is -2.02. The van der Waals surface area contributed by atoms with Gasteiger partial charge in [-0.25, -0.2) is 4.98 Å². The first-order chi connectivity index (χ1) is 10.2. The second kappa shape index (κ2) is 5.40. The van der Waals surface area contributed by atoms with Gasteiger partial charge < -0.3 is 10.1 Å². The van der Waals surface area contributed by atoms with Gasteiger partial charge in [0.1, 0.15) is 17.4 Å². The van der Waals surface area contributed by atoms with Crippen LogP contribution >= 0.6 is 0 Å². The number of nitrogens with zero attached hydrogens (tertiary/aromatic N) is 2. The van der Waals surface area contributed by atoms with Gasteiger partial charge in [0.25, 0.3) is 0 Å². The fraction of sp³-hybridized carbons (Fsp3) is 0.176. The van der Waals surface area contributed by atoms with Crippen molar-refractivity contribution < 1.29 is 4.74 Å². The Balaban J connectivity index is 2.00. The summed E-state index contributed by atoms with van der Waals surface area (Å²) in [5, 5.41) is 5.40. The van der Waals surface area contributed by atoms with Crippen molar-refractivity contribution in [1.29, 1.82) is 0 Å². The maximum atomic E-state index is 5.95.